The number of esters is 1. The van der Waals surface area contributed by atoms with Crippen molar-refractivity contribution < 1.29 is 19.4 Å². The van der Waals surface area contributed by atoms with Gasteiger partial charge in [0.25, 0.3) is 0 Å². The van der Waals surface area contributed by atoms with Crippen molar-refractivity contribution in [3.63, 3.8) is 0 Å². The smallest absolute Gasteiger partial charge is 0.335 e. The van der Waals surface area contributed by atoms with E-state index in [0.717, 1.165) is 35.1 Å². The Morgan fingerprint density at radius 3 is 2.41 bits per heavy atom. The molecule has 4 nitrogen and oxygen atoms in total. The average Bonchev–Trinajstić information content (AvgIpc) is 2.69. The van der Waals surface area contributed by atoms with Crippen LogP contribution in [0.5, 0.6) is 0 Å². The van der Waals surface area contributed by atoms with Crippen LogP contribution in [0.15, 0.2) is 48.5 Å². The zero-order valence-corrected chi connectivity index (χ0v) is 16.9. The van der Waals surface area contributed by atoms with Gasteiger partial charge in [0.1, 0.15) is 0 Å². The number of carboxylic acids is 1. The third-order valence-corrected chi connectivity index (χ3v) is 5.18. The molecule has 1 N–H and O–H groups in total. The number of hydrogen-bond acceptors (Lipinski definition) is 3. The van der Waals surface area contributed by atoms with Gasteiger partial charge in [-0.05, 0) is 78.3 Å². The quantitative estimate of drug-likeness (QED) is 0.466. The third kappa shape index (κ3) is 4.75. The lowest BCUT2D eigenvalue weighted by Crippen LogP contribution is -2.23. The third-order valence-electron chi connectivity index (χ3n) is 5.18. The second-order valence-electron chi connectivity index (χ2n) is 7.70. The van der Waals surface area contributed by atoms with E-state index in [4.69, 9.17) is 9.84 Å². The molecule has 0 spiro atoms. The predicted octanol–water partition coefficient (Wildman–Crippen LogP) is 4.80. The second-order valence-corrected chi connectivity index (χ2v) is 7.70. The zero-order valence-electron chi connectivity index (χ0n) is 16.9. The number of carbonyl (C=O) groups is 2. The van der Waals surface area contributed by atoms with E-state index in [1.807, 2.05) is 12.1 Å². The van der Waals surface area contributed by atoms with Crippen LogP contribution >= 0.6 is 0 Å². The van der Waals surface area contributed by atoms with Crippen molar-refractivity contribution in [2.75, 3.05) is 6.61 Å². The maximum Gasteiger partial charge on any atom is 0.335 e. The van der Waals surface area contributed by atoms with Crippen LogP contribution in [0.25, 0.3) is 5.57 Å². The molecule has 0 heterocycles. The molecule has 3 rings (SSSR count). The van der Waals surface area contributed by atoms with E-state index < -0.39 is 5.97 Å². The highest BCUT2D eigenvalue weighted by Gasteiger charge is 2.30. The summed E-state index contributed by atoms with van der Waals surface area (Å²) in [6, 6.07) is 12.6. The van der Waals surface area contributed by atoms with Crippen LogP contribution in [0.4, 0.5) is 0 Å². The first-order chi connectivity index (χ1) is 13.8. The van der Waals surface area contributed by atoms with E-state index >= 15 is 0 Å². The summed E-state index contributed by atoms with van der Waals surface area (Å²) in [7, 11) is 0. The second kappa shape index (κ2) is 8.36. The van der Waals surface area contributed by atoms with Crippen molar-refractivity contribution in [2.45, 2.75) is 39.0 Å². The molecule has 0 aliphatic heterocycles. The summed E-state index contributed by atoms with van der Waals surface area (Å²) >= 11 is 0. The molecule has 0 radical (unpaired) electrons. The van der Waals surface area contributed by atoms with Crippen molar-refractivity contribution in [2.24, 2.45) is 0 Å². The van der Waals surface area contributed by atoms with E-state index in [0.29, 0.717) is 6.61 Å². The highest BCUT2D eigenvalue weighted by Crippen LogP contribution is 2.42. The lowest BCUT2D eigenvalue weighted by atomic mass is 9.70. The molecular formula is C25H24O4. The molecule has 1 aliphatic rings. The van der Waals surface area contributed by atoms with Gasteiger partial charge < -0.3 is 9.84 Å². The normalized spacial score (nSPS) is 15.8. The summed E-state index contributed by atoms with van der Waals surface area (Å²) in [6.07, 6.45) is 3.37. The molecule has 2 aromatic carbocycles. The molecule has 29 heavy (non-hydrogen) atoms. The number of rotatable bonds is 3. The van der Waals surface area contributed by atoms with Crippen molar-refractivity contribution >= 4 is 17.5 Å². The van der Waals surface area contributed by atoms with Crippen molar-refractivity contribution in [3.8, 4) is 11.8 Å². The lowest BCUT2D eigenvalue weighted by molar-refractivity contribution is -0.137. The molecule has 1 aliphatic carbocycles. The van der Waals surface area contributed by atoms with Gasteiger partial charge in [0.2, 0.25) is 0 Å². The highest BCUT2D eigenvalue weighted by molar-refractivity contribution is 5.92. The number of fused-ring (bicyclic) bond motifs is 1. The Morgan fingerprint density at radius 2 is 1.76 bits per heavy atom. The number of carboxylic acid groups (broad SMARTS) is 1. The minimum atomic E-state index is -0.956. The Labute approximate surface area is 171 Å². The monoisotopic (exact) mass is 388 g/mol. The lowest BCUT2D eigenvalue weighted by Gasteiger charge is -2.34. The van der Waals surface area contributed by atoms with Crippen LogP contribution < -0.4 is 0 Å². The van der Waals surface area contributed by atoms with E-state index in [1.54, 1.807) is 37.3 Å². The Bertz CT molecular complexity index is 1030. The first kappa shape index (κ1) is 20.4. The van der Waals surface area contributed by atoms with Crippen LogP contribution in [0.3, 0.4) is 0 Å². The highest BCUT2D eigenvalue weighted by atomic mass is 16.5. The number of ether oxygens (including phenoxy) is 1. The average molecular weight is 388 g/mol. The summed E-state index contributed by atoms with van der Waals surface area (Å²) in [5.74, 6) is 4.95. The standard InChI is InChI=1S/C25H24O4/c1-4-29-23(26)16-20-13-14-25(2,3)22-12-9-18(15-21(20)22)6-5-17-7-10-19(11-8-17)24(27)28/h7-12,15-16H,4,13-14H2,1-3H3,(H,27,28). The van der Waals surface area contributed by atoms with Gasteiger partial charge in [-0.2, -0.15) is 0 Å². The Hall–Kier alpha value is -3.32. The molecule has 0 aromatic heterocycles. The van der Waals surface area contributed by atoms with Crippen molar-refractivity contribution in [1.82, 2.24) is 0 Å². The topological polar surface area (TPSA) is 63.6 Å². The van der Waals surface area contributed by atoms with Crippen LogP contribution in [0, 0.1) is 11.8 Å². The molecule has 0 amide bonds. The molecule has 148 valence electrons. The fourth-order valence-corrected chi connectivity index (χ4v) is 3.51. The Morgan fingerprint density at radius 1 is 1.10 bits per heavy atom. The summed E-state index contributed by atoms with van der Waals surface area (Å²) in [4.78, 5) is 22.9. The molecule has 0 fully saturated rings. The van der Waals surface area contributed by atoms with Gasteiger partial charge in [0.15, 0.2) is 0 Å². The minimum absolute atomic E-state index is 0.0277. The summed E-state index contributed by atoms with van der Waals surface area (Å²) in [6.45, 7) is 6.57. The van der Waals surface area contributed by atoms with Gasteiger partial charge in [-0.25, -0.2) is 9.59 Å². The van der Waals surface area contributed by atoms with Crippen molar-refractivity contribution in [1.29, 1.82) is 0 Å². The maximum absolute atomic E-state index is 12.0. The maximum atomic E-state index is 12.0. The summed E-state index contributed by atoms with van der Waals surface area (Å²) < 4.78 is 5.09. The summed E-state index contributed by atoms with van der Waals surface area (Å²) in [5, 5.41) is 8.99. The largest absolute Gasteiger partial charge is 0.478 e. The van der Waals surface area contributed by atoms with Crippen LogP contribution in [-0.4, -0.2) is 23.7 Å². The first-order valence-electron chi connectivity index (χ1n) is 9.68. The first-order valence-corrected chi connectivity index (χ1v) is 9.68. The van der Waals surface area contributed by atoms with Crippen LogP contribution in [0.1, 0.15) is 66.2 Å². The fraction of sp³-hybridized carbons (Fsp3) is 0.280. The van der Waals surface area contributed by atoms with Crippen LogP contribution in [-0.2, 0) is 14.9 Å². The molecule has 0 bridgehead atoms. The molecule has 0 saturated carbocycles. The number of allylic oxidation sites excluding steroid dienone is 1. The zero-order chi connectivity index (χ0) is 21.0. The minimum Gasteiger partial charge on any atom is -0.478 e. The van der Waals surface area contributed by atoms with E-state index in [9.17, 15) is 9.59 Å². The van der Waals surface area contributed by atoms with Gasteiger partial charge in [-0.3, -0.25) is 0 Å². The molecule has 2 aromatic rings. The Kier molecular flexibility index (Phi) is 5.89. The van der Waals surface area contributed by atoms with E-state index in [2.05, 4.69) is 31.8 Å². The van der Waals surface area contributed by atoms with Gasteiger partial charge >= 0.3 is 11.9 Å². The molecule has 0 unspecified atom stereocenters. The molecular weight excluding hydrogens is 364 g/mol. The van der Waals surface area contributed by atoms with E-state index in [1.165, 1.54) is 5.56 Å². The number of benzene rings is 2. The Balaban J connectivity index is 1.96. The van der Waals surface area contributed by atoms with Crippen molar-refractivity contribution in [3.05, 3.63) is 76.4 Å². The van der Waals surface area contributed by atoms with Gasteiger partial charge in [-0.1, -0.05) is 31.8 Å². The number of aromatic carboxylic acids is 1. The number of hydrogen-bond donors (Lipinski definition) is 1. The van der Waals surface area contributed by atoms with Gasteiger partial charge in [-0.15, -0.1) is 0 Å². The molecule has 0 atom stereocenters. The SMILES string of the molecule is CCOC(=O)C=C1CCC(C)(C)c2ccc(C#Cc3ccc(C(=O)O)cc3)cc21. The number of carbonyl (C=O) groups excluding carboxylic acids is 1. The summed E-state index contributed by atoms with van der Waals surface area (Å²) in [5.41, 5.74) is 5.08. The molecule has 4 heteroatoms. The van der Waals surface area contributed by atoms with Gasteiger partial charge in [0.05, 0.1) is 12.2 Å². The molecule has 0 saturated heterocycles. The van der Waals surface area contributed by atoms with E-state index in [-0.39, 0.29) is 16.9 Å². The van der Waals surface area contributed by atoms with Crippen LogP contribution in [0.2, 0.25) is 0 Å². The fourth-order valence-electron chi connectivity index (χ4n) is 3.51. The van der Waals surface area contributed by atoms with Gasteiger partial charge in [0, 0.05) is 17.2 Å². The predicted molar refractivity (Wildman–Crippen MR) is 113 cm³/mol.